The fourth-order valence-corrected chi connectivity index (χ4v) is 3.46. The minimum absolute atomic E-state index is 0.0951. The predicted octanol–water partition coefficient (Wildman–Crippen LogP) is 3.30. The maximum atomic E-state index is 12.6. The maximum absolute atomic E-state index is 12.6. The molecule has 0 spiro atoms. The average Bonchev–Trinajstić information content (AvgIpc) is 3.28. The smallest absolute Gasteiger partial charge is 0.279 e. The van der Waals surface area contributed by atoms with E-state index in [0.717, 1.165) is 41.6 Å². The van der Waals surface area contributed by atoms with Crippen LogP contribution in [0.1, 0.15) is 38.3 Å². The Bertz CT molecular complexity index is 953. The molecule has 7 nitrogen and oxygen atoms in total. The molecule has 148 valence electrons. The van der Waals surface area contributed by atoms with E-state index in [-0.39, 0.29) is 11.3 Å². The Balaban J connectivity index is 2.11. The van der Waals surface area contributed by atoms with Gasteiger partial charge in [-0.2, -0.15) is 0 Å². The van der Waals surface area contributed by atoms with Gasteiger partial charge in [-0.05, 0) is 31.0 Å². The van der Waals surface area contributed by atoms with Crippen molar-refractivity contribution >= 4 is 28.3 Å². The highest BCUT2D eigenvalue weighted by molar-refractivity contribution is 6.08. The Hall–Kier alpha value is -3.02. The van der Waals surface area contributed by atoms with Crippen LogP contribution >= 0.6 is 0 Å². The molecular formula is C21H24N2O5. The second-order valence-electron chi connectivity index (χ2n) is 6.59. The molecule has 1 aliphatic heterocycles. The lowest BCUT2D eigenvalue weighted by molar-refractivity contribution is -0.127. The van der Waals surface area contributed by atoms with Crippen LogP contribution in [0.4, 0.5) is 0 Å². The zero-order chi connectivity index (χ0) is 20.1. The topological polar surface area (TPSA) is 89.7 Å². The lowest BCUT2D eigenvalue weighted by Crippen LogP contribution is -2.24. The molecule has 1 aromatic heterocycles. The average molecular weight is 384 g/mol. The largest absolute Gasteiger partial charge is 0.497 e. The molecule has 1 unspecified atom stereocenters. The summed E-state index contributed by atoms with van der Waals surface area (Å²) < 4.78 is 11.1. The first-order chi connectivity index (χ1) is 13.6. The molecule has 28 heavy (non-hydrogen) atoms. The molecule has 0 saturated heterocycles. The molecule has 0 saturated carbocycles. The number of aromatic amines is 1. The first kappa shape index (κ1) is 19.7. The molecule has 2 heterocycles. The van der Waals surface area contributed by atoms with Gasteiger partial charge in [0.1, 0.15) is 17.4 Å². The molecule has 3 rings (SSSR count). The molecule has 0 bridgehead atoms. The number of hydroxylamine groups is 1. The maximum Gasteiger partial charge on any atom is 0.279 e. The van der Waals surface area contributed by atoms with Crippen LogP contribution in [0.2, 0.25) is 0 Å². The third-order valence-electron chi connectivity index (χ3n) is 4.78. The minimum Gasteiger partial charge on any atom is -0.497 e. The van der Waals surface area contributed by atoms with Gasteiger partial charge in [0.2, 0.25) is 5.76 Å². The summed E-state index contributed by atoms with van der Waals surface area (Å²) in [4.78, 5) is 32.1. The van der Waals surface area contributed by atoms with Crippen LogP contribution < -0.4 is 10.2 Å². The molecule has 1 amide bonds. The van der Waals surface area contributed by atoms with Crippen molar-refractivity contribution in [2.24, 2.45) is 0 Å². The quantitative estimate of drug-likeness (QED) is 0.414. The number of carbonyl (C=O) groups is 1. The molecule has 1 aliphatic rings. The number of carbonyl (C=O) groups excluding carboxylic acids is 2. The number of hydrogen-bond acceptors (Lipinski definition) is 5. The van der Waals surface area contributed by atoms with Gasteiger partial charge in [0.15, 0.2) is 5.94 Å². The number of unbranched alkanes of at least 4 members (excludes halogenated alkanes) is 2. The van der Waals surface area contributed by atoms with Crippen LogP contribution in [-0.4, -0.2) is 37.2 Å². The van der Waals surface area contributed by atoms with Gasteiger partial charge >= 0.3 is 0 Å². The van der Waals surface area contributed by atoms with Crippen LogP contribution in [0, 0.1) is 0 Å². The van der Waals surface area contributed by atoms with E-state index in [9.17, 15) is 9.59 Å². The molecular weight excluding hydrogens is 360 g/mol. The van der Waals surface area contributed by atoms with Gasteiger partial charge in [0.25, 0.3) is 5.91 Å². The SMILES string of the molecule is CCCCCC1OC(=C=O)C(C(=O)NOC)=C1c1cc2ccc(OC)cc2[nH]1. The summed E-state index contributed by atoms with van der Waals surface area (Å²) in [7, 11) is 2.95. The van der Waals surface area contributed by atoms with Crippen LogP contribution in [-0.2, 0) is 19.2 Å². The van der Waals surface area contributed by atoms with E-state index in [0.29, 0.717) is 12.0 Å². The van der Waals surface area contributed by atoms with E-state index in [4.69, 9.17) is 14.3 Å². The Morgan fingerprint density at radius 2 is 2.11 bits per heavy atom. The number of aromatic nitrogens is 1. The summed E-state index contributed by atoms with van der Waals surface area (Å²) in [5.41, 5.74) is 4.65. The van der Waals surface area contributed by atoms with Gasteiger partial charge in [-0.15, -0.1) is 0 Å². The minimum atomic E-state index is -0.537. The van der Waals surface area contributed by atoms with Crippen molar-refractivity contribution < 1.29 is 23.9 Å². The van der Waals surface area contributed by atoms with Crippen molar-refractivity contribution in [1.82, 2.24) is 10.5 Å². The van der Waals surface area contributed by atoms with E-state index in [1.54, 1.807) is 13.1 Å². The third-order valence-corrected chi connectivity index (χ3v) is 4.78. The summed E-state index contributed by atoms with van der Waals surface area (Å²) in [5, 5.41) is 0.964. The van der Waals surface area contributed by atoms with Crippen molar-refractivity contribution in [3.05, 3.63) is 41.3 Å². The number of methoxy groups -OCH3 is 1. The van der Waals surface area contributed by atoms with E-state index < -0.39 is 12.0 Å². The number of rotatable bonds is 8. The normalized spacial score (nSPS) is 16.2. The summed E-state index contributed by atoms with van der Waals surface area (Å²) in [5.74, 6) is 1.85. The molecule has 2 aromatic rings. The van der Waals surface area contributed by atoms with Gasteiger partial charge in [-0.3, -0.25) is 9.63 Å². The number of hydrogen-bond donors (Lipinski definition) is 2. The molecule has 0 aliphatic carbocycles. The molecule has 2 N–H and O–H groups in total. The highest BCUT2D eigenvalue weighted by atomic mass is 16.6. The number of fused-ring (bicyclic) bond motifs is 1. The Morgan fingerprint density at radius 1 is 1.29 bits per heavy atom. The van der Waals surface area contributed by atoms with Crippen molar-refractivity contribution in [3.63, 3.8) is 0 Å². The van der Waals surface area contributed by atoms with Gasteiger partial charge in [0, 0.05) is 28.2 Å². The second kappa shape index (κ2) is 8.78. The highest BCUT2D eigenvalue weighted by Crippen LogP contribution is 2.39. The van der Waals surface area contributed by atoms with Crippen LogP contribution in [0.5, 0.6) is 5.75 Å². The van der Waals surface area contributed by atoms with E-state index >= 15 is 0 Å². The second-order valence-corrected chi connectivity index (χ2v) is 6.59. The van der Waals surface area contributed by atoms with Gasteiger partial charge < -0.3 is 14.5 Å². The third kappa shape index (κ3) is 3.81. The summed E-state index contributed by atoms with van der Waals surface area (Å²) in [6, 6.07) is 7.62. The van der Waals surface area contributed by atoms with Crippen LogP contribution in [0.3, 0.4) is 0 Å². The molecule has 1 atom stereocenters. The fraction of sp³-hybridized carbons (Fsp3) is 0.381. The standard InChI is InChI=1S/C21H24N2O5/c1-4-5-6-7-17-19(20(18(12-24)28-17)21(25)23-27-3)16-10-13-8-9-14(26-2)11-15(13)22-16/h8-11,17,22H,4-7H2,1-3H3,(H,23,25). The lowest BCUT2D eigenvalue weighted by Gasteiger charge is -2.13. The van der Waals surface area contributed by atoms with Crippen molar-refractivity contribution in [1.29, 1.82) is 0 Å². The van der Waals surface area contributed by atoms with Crippen LogP contribution in [0.15, 0.2) is 35.6 Å². The predicted molar refractivity (Wildman–Crippen MR) is 105 cm³/mol. The van der Waals surface area contributed by atoms with E-state index in [2.05, 4.69) is 17.4 Å². The van der Waals surface area contributed by atoms with Crippen LogP contribution in [0.25, 0.3) is 16.5 Å². The number of benzene rings is 1. The fourth-order valence-electron chi connectivity index (χ4n) is 3.46. The lowest BCUT2D eigenvalue weighted by atomic mass is 9.97. The summed E-state index contributed by atoms with van der Waals surface area (Å²) >= 11 is 0. The number of H-pyrrole nitrogens is 1. The van der Waals surface area contributed by atoms with Gasteiger partial charge in [-0.25, -0.2) is 10.3 Å². The zero-order valence-corrected chi connectivity index (χ0v) is 16.3. The molecule has 0 radical (unpaired) electrons. The van der Waals surface area contributed by atoms with Gasteiger partial charge in [-0.1, -0.05) is 19.8 Å². The zero-order valence-electron chi connectivity index (χ0n) is 16.3. The van der Waals surface area contributed by atoms with Gasteiger partial charge in [0.05, 0.1) is 14.2 Å². The summed E-state index contributed by atoms with van der Waals surface area (Å²) in [6.45, 7) is 2.12. The molecule has 0 fully saturated rings. The summed E-state index contributed by atoms with van der Waals surface area (Å²) in [6.07, 6.45) is 3.30. The van der Waals surface area contributed by atoms with Crippen molar-refractivity contribution in [3.8, 4) is 5.75 Å². The Kier molecular flexibility index (Phi) is 6.19. The number of amides is 1. The Labute approximate surface area is 163 Å². The first-order valence-corrected chi connectivity index (χ1v) is 9.29. The molecule has 7 heteroatoms. The first-order valence-electron chi connectivity index (χ1n) is 9.29. The van der Waals surface area contributed by atoms with Crippen molar-refractivity contribution in [2.75, 3.05) is 14.2 Å². The van der Waals surface area contributed by atoms with E-state index in [1.165, 1.54) is 7.11 Å². The number of nitrogens with one attached hydrogen (secondary N) is 2. The number of ether oxygens (including phenoxy) is 2. The monoisotopic (exact) mass is 384 g/mol. The Morgan fingerprint density at radius 3 is 2.79 bits per heavy atom. The molecule has 1 aromatic carbocycles. The highest BCUT2D eigenvalue weighted by Gasteiger charge is 2.37. The van der Waals surface area contributed by atoms with Crippen molar-refractivity contribution in [2.45, 2.75) is 38.7 Å². The van der Waals surface area contributed by atoms with E-state index in [1.807, 2.05) is 24.3 Å².